The van der Waals surface area contributed by atoms with Gasteiger partial charge in [-0.15, -0.1) is 0 Å². The lowest BCUT2D eigenvalue weighted by atomic mass is 10.0. The molecule has 0 aromatic heterocycles. The van der Waals surface area contributed by atoms with E-state index in [9.17, 15) is 19.5 Å². The molecule has 2 amide bonds. The predicted octanol–water partition coefficient (Wildman–Crippen LogP) is 2.09. The van der Waals surface area contributed by atoms with Crippen LogP contribution < -0.4 is 5.32 Å². The molecule has 1 heterocycles. The number of likely N-dealkylation sites (tertiary alicyclic amines) is 1. The zero-order valence-corrected chi connectivity index (χ0v) is 14.4. The van der Waals surface area contributed by atoms with E-state index in [4.69, 9.17) is 0 Å². The van der Waals surface area contributed by atoms with Gasteiger partial charge in [0.1, 0.15) is 6.04 Å². The SMILES string of the molecule is CC(=O)N[C@@H](CC(=O)N1CCC[C@@H]1C(=O)O)c1ccc(Br)cc1. The van der Waals surface area contributed by atoms with Crippen LogP contribution in [0.1, 0.15) is 37.8 Å². The largest absolute Gasteiger partial charge is 0.480 e. The summed E-state index contributed by atoms with van der Waals surface area (Å²) >= 11 is 3.35. The third-order valence-electron chi connectivity index (χ3n) is 3.89. The minimum atomic E-state index is -0.976. The molecule has 1 aromatic carbocycles. The maximum absolute atomic E-state index is 12.5. The fourth-order valence-electron chi connectivity index (χ4n) is 2.81. The van der Waals surface area contributed by atoms with Gasteiger partial charge in [-0.2, -0.15) is 0 Å². The Labute approximate surface area is 143 Å². The van der Waals surface area contributed by atoms with Gasteiger partial charge in [0.05, 0.1) is 12.5 Å². The molecule has 0 spiro atoms. The summed E-state index contributed by atoms with van der Waals surface area (Å²) < 4.78 is 0.902. The van der Waals surface area contributed by atoms with Crippen molar-refractivity contribution in [1.82, 2.24) is 10.2 Å². The highest BCUT2D eigenvalue weighted by Crippen LogP contribution is 2.24. The fraction of sp³-hybridized carbons (Fsp3) is 0.438. The van der Waals surface area contributed by atoms with Gasteiger partial charge in [0.25, 0.3) is 0 Å². The minimum absolute atomic E-state index is 0.0466. The van der Waals surface area contributed by atoms with E-state index in [0.29, 0.717) is 19.4 Å². The van der Waals surface area contributed by atoms with Crippen molar-refractivity contribution >= 4 is 33.7 Å². The van der Waals surface area contributed by atoms with Gasteiger partial charge >= 0.3 is 5.97 Å². The molecule has 2 rings (SSSR count). The number of carboxylic acids is 1. The highest BCUT2D eigenvalue weighted by molar-refractivity contribution is 9.10. The number of carbonyl (C=O) groups excluding carboxylic acids is 2. The van der Waals surface area contributed by atoms with Crippen LogP contribution in [0.15, 0.2) is 28.7 Å². The first-order chi connectivity index (χ1) is 10.9. The van der Waals surface area contributed by atoms with E-state index in [2.05, 4.69) is 21.2 Å². The molecule has 124 valence electrons. The second kappa shape index (κ2) is 7.59. The number of aliphatic carboxylic acids is 1. The second-order valence-corrected chi connectivity index (χ2v) is 6.51. The Bertz CT molecular complexity index is 603. The van der Waals surface area contributed by atoms with E-state index < -0.39 is 18.1 Å². The first kappa shape index (κ1) is 17.5. The molecule has 2 N–H and O–H groups in total. The number of hydrogen-bond donors (Lipinski definition) is 2. The van der Waals surface area contributed by atoms with Crippen molar-refractivity contribution in [2.45, 2.75) is 38.3 Å². The number of hydrogen-bond acceptors (Lipinski definition) is 3. The molecule has 1 saturated heterocycles. The molecule has 7 heteroatoms. The third-order valence-corrected chi connectivity index (χ3v) is 4.42. The lowest BCUT2D eigenvalue weighted by Crippen LogP contribution is -2.42. The lowest BCUT2D eigenvalue weighted by Gasteiger charge is -2.25. The number of carboxylic acid groups (broad SMARTS) is 1. The Kier molecular flexibility index (Phi) is 5.76. The molecule has 0 saturated carbocycles. The molecule has 2 atom stereocenters. The number of nitrogens with zero attached hydrogens (tertiary/aromatic N) is 1. The molecular formula is C16H19BrN2O4. The van der Waals surface area contributed by atoms with Crippen LogP contribution >= 0.6 is 15.9 Å². The van der Waals surface area contributed by atoms with Gasteiger partial charge in [-0.25, -0.2) is 4.79 Å². The van der Waals surface area contributed by atoms with Crippen molar-refractivity contribution in [3.8, 4) is 0 Å². The fourth-order valence-corrected chi connectivity index (χ4v) is 3.07. The summed E-state index contributed by atoms with van der Waals surface area (Å²) in [6.45, 7) is 1.84. The maximum Gasteiger partial charge on any atom is 0.326 e. The number of halogens is 1. The van der Waals surface area contributed by atoms with E-state index in [1.54, 1.807) is 0 Å². The monoisotopic (exact) mass is 382 g/mol. The van der Waals surface area contributed by atoms with Gasteiger partial charge in [0.2, 0.25) is 11.8 Å². The second-order valence-electron chi connectivity index (χ2n) is 5.59. The van der Waals surface area contributed by atoms with Crippen molar-refractivity contribution in [1.29, 1.82) is 0 Å². The van der Waals surface area contributed by atoms with E-state index in [1.807, 2.05) is 24.3 Å². The zero-order valence-electron chi connectivity index (χ0n) is 12.8. The molecule has 0 unspecified atom stereocenters. The summed E-state index contributed by atoms with van der Waals surface area (Å²) in [4.78, 5) is 36.5. The standard InChI is InChI=1S/C16H19BrN2O4/c1-10(20)18-13(11-4-6-12(17)7-5-11)9-15(21)19-8-2-3-14(19)16(22)23/h4-7,13-14H,2-3,8-9H2,1H3,(H,18,20)(H,22,23)/t13-,14+/m0/s1. The van der Waals surface area contributed by atoms with Gasteiger partial charge in [0, 0.05) is 17.9 Å². The first-order valence-electron chi connectivity index (χ1n) is 7.43. The number of carbonyl (C=O) groups is 3. The summed E-state index contributed by atoms with van der Waals surface area (Å²) in [7, 11) is 0. The van der Waals surface area contributed by atoms with Crippen molar-refractivity contribution < 1.29 is 19.5 Å². The molecule has 6 nitrogen and oxygen atoms in total. The number of benzene rings is 1. The summed E-state index contributed by atoms with van der Waals surface area (Å²) in [5, 5.41) is 12.0. The smallest absolute Gasteiger partial charge is 0.326 e. The maximum atomic E-state index is 12.5. The Balaban J connectivity index is 2.14. The molecule has 1 aliphatic rings. The topological polar surface area (TPSA) is 86.7 Å². The van der Waals surface area contributed by atoms with E-state index in [-0.39, 0.29) is 18.2 Å². The average molecular weight is 383 g/mol. The van der Waals surface area contributed by atoms with E-state index in [0.717, 1.165) is 10.0 Å². The van der Waals surface area contributed by atoms with Gasteiger partial charge in [0.15, 0.2) is 0 Å². The number of rotatable bonds is 5. The predicted molar refractivity (Wildman–Crippen MR) is 87.7 cm³/mol. The van der Waals surface area contributed by atoms with Gasteiger partial charge in [-0.3, -0.25) is 9.59 Å². The Hall–Kier alpha value is -1.89. The summed E-state index contributed by atoms with van der Waals surface area (Å²) in [5.74, 6) is -1.46. The van der Waals surface area contributed by atoms with E-state index in [1.165, 1.54) is 11.8 Å². The molecule has 0 bridgehead atoms. The summed E-state index contributed by atoms with van der Waals surface area (Å²) in [6, 6.07) is 6.11. The highest BCUT2D eigenvalue weighted by atomic mass is 79.9. The van der Waals surface area contributed by atoms with Crippen LogP contribution in [-0.4, -0.2) is 40.4 Å². The Morgan fingerprint density at radius 3 is 2.57 bits per heavy atom. The first-order valence-corrected chi connectivity index (χ1v) is 8.22. The van der Waals surface area contributed by atoms with Crippen LogP contribution in [0.4, 0.5) is 0 Å². The highest BCUT2D eigenvalue weighted by Gasteiger charge is 2.34. The minimum Gasteiger partial charge on any atom is -0.480 e. The van der Waals surface area contributed by atoms with Crippen molar-refractivity contribution in [3.63, 3.8) is 0 Å². The quantitative estimate of drug-likeness (QED) is 0.815. The van der Waals surface area contributed by atoms with Crippen LogP contribution in [0.2, 0.25) is 0 Å². The molecule has 0 aliphatic carbocycles. The Morgan fingerprint density at radius 2 is 2.00 bits per heavy atom. The lowest BCUT2D eigenvalue weighted by molar-refractivity contribution is -0.148. The molecule has 23 heavy (non-hydrogen) atoms. The van der Waals surface area contributed by atoms with Gasteiger partial charge in [-0.1, -0.05) is 28.1 Å². The van der Waals surface area contributed by atoms with Crippen LogP contribution in [0.5, 0.6) is 0 Å². The molecule has 1 aromatic rings. The number of amides is 2. The zero-order chi connectivity index (χ0) is 17.0. The van der Waals surface area contributed by atoms with Crippen LogP contribution in [0.3, 0.4) is 0 Å². The molecule has 1 fully saturated rings. The summed E-state index contributed by atoms with van der Waals surface area (Å²) in [5.41, 5.74) is 0.808. The van der Waals surface area contributed by atoms with Crippen LogP contribution in [0.25, 0.3) is 0 Å². The summed E-state index contributed by atoms with van der Waals surface area (Å²) in [6.07, 6.45) is 1.21. The van der Waals surface area contributed by atoms with Crippen molar-refractivity contribution in [2.24, 2.45) is 0 Å². The van der Waals surface area contributed by atoms with Gasteiger partial charge in [-0.05, 0) is 30.5 Å². The molecule has 0 radical (unpaired) electrons. The van der Waals surface area contributed by atoms with Crippen LogP contribution in [-0.2, 0) is 14.4 Å². The third kappa shape index (κ3) is 4.54. The average Bonchev–Trinajstić information content (AvgIpc) is 2.96. The van der Waals surface area contributed by atoms with Gasteiger partial charge < -0.3 is 15.3 Å². The van der Waals surface area contributed by atoms with Crippen LogP contribution in [0, 0.1) is 0 Å². The Morgan fingerprint density at radius 1 is 1.35 bits per heavy atom. The normalized spacial score (nSPS) is 18.5. The van der Waals surface area contributed by atoms with E-state index >= 15 is 0 Å². The van der Waals surface area contributed by atoms with Crippen molar-refractivity contribution in [2.75, 3.05) is 6.54 Å². The molecule has 1 aliphatic heterocycles. The number of nitrogens with one attached hydrogen (secondary N) is 1. The van der Waals surface area contributed by atoms with Crippen molar-refractivity contribution in [3.05, 3.63) is 34.3 Å². The molecular weight excluding hydrogens is 364 g/mol.